The Morgan fingerprint density at radius 1 is 1.11 bits per heavy atom. The molecule has 0 saturated heterocycles. The maximum atomic E-state index is 4.08. The molecule has 18 heavy (non-hydrogen) atoms. The van der Waals surface area contributed by atoms with Crippen molar-refractivity contribution < 1.29 is 0 Å². The van der Waals surface area contributed by atoms with Gasteiger partial charge < -0.3 is 0 Å². The molecule has 0 unspecified atom stereocenters. The Morgan fingerprint density at radius 3 is 2.67 bits per heavy atom. The fourth-order valence-electron chi connectivity index (χ4n) is 2.01. The highest BCUT2D eigenvalue weighted by atomic mass is 14.0. The molecule has 0 atom stereocenters. The van der Waals surface area contributed by atoms with Crippen LogP contribution in [0.25, 0.3) is 16.8 Å². The van der Waals surface area contributed by atoms with Crippen LogP contribution in [0.3, 0.4) is 0 Å². The van der Waals surface area contributed by atoms with Gasteiger partial charge in [-0.15, -0.1) is 0 Å². The van der Waals surface area contributed by atoms with E-state index in [2.05, 4.69) is 68.1 Å². The maximum Gasteiger partial charge on any atom is -0.0178 e. The van der Waals surface area contributed by atoms with E-state index >= 15 is 0 Å². The van der Waals surface area contributed by atoms with E-state index in [0.29, 0.717) is 0 Å². The Hall–Kier alpha value is -1.82. The second-order valence-electron chi connectivity index (χ2n) is 4.70. The number of hydrogen-bond acceptors (Lipinski definition) is 0. The van der Waals surface area contributed by atoms with Crippen LogP contribution in [0.2, 0.25) is 0 Å². The summed E-state index contributed by atoms with van der Waals surface area (Å²) in [5.41, 5.74) is 2.45. The van der Waals surface area contributed by atoms with Gasteiger partial charge in [-0.3, -0.25) is 0 Å². The van der Waals surface area contributed by atoms with Gasteiger partial charge in [0, 0.05) is 0 Å². The Balaban J connectivity index is 2.12. The van der Waals surface area contributed by atoms with Crippen molar-refractivity contribution in [2.75, 3.05) is 0 Å². The molecule has 92 valence electrons. The number of allylic oxidation sites excluding steroid dienone is 2. The first kappa shape index (κ1) is 12.6. The Labute approximate surface area is 110 Å². The van der Waals surface area contributed by atoms with Gasteiger partial charge >= 0.3 is 0 Å². The normalized spacial score (nSPS) is 11.2. The van der Waals surface area contributed by atoms with E-state index in [1.807, 2.05) is 0 Å². The average Bonchev–Trinajstić information content (AvgIpc) is 2.42. The lowest BCUT2D eigenvalue weighted by Crippen LogP contribution is -1.78. The molecule has 0 radical (unpaired) electrons. The minimum Gasteiger partial charge on any atom is -0.0958 e. The molecular weight excluding hydrogens is 216 g/mol. The van der Waals surface area contributed by atoms with E-state index in [1.54, 1.807) is 0 Å². The van der Waals surface area contributed by atoms with E-state index in [0.717, 1.165) is 6.42 Å². The van der Waals surface area contributed by atoms with E-state index in [-0.39, 0.29) is 0 Å². The zero-order chi connectivity index (χ0) is 12.8. The molecule has 0 aliphatic heterocycles. The number of benzene rings is 2. The van der Waals surface area contributed by atoms with Gasteiger partial charge in [0.25, 0.3) is 0 Å². The minimum atomic E-state index is 1.10. The van der Waals surface area contributed by atoms with Crippen LogP contribution < -0.4 is 0 Å². The molecule has 0 nitrogen and oxygen atoms in total. The standard InChI is InChI=1S/C18H20/c1-3-4-7-15(2)10-11-16-12-13-17-8-5-6-9-18(17)14-16/h5-6,8-14H,2-4,7H2,1H3/b11-10+. The second kappa shape index (κ2) is 6.20. The fraction of sp³-hybridized carbons (Fsp3) is 0.222. The van der Waals surface area contributed by atoms with Gasteiger partial charge in [-0.05, 0) is 35.2 Å². The summed E-state index contributed by atoms with van der Waals surface area (Å²) in [5.74, 6) is 0. The lowest BCUT2D eigenvalue weighted by Gasteiger charge is -2.00. The largest absolute Gasteiger partial charge is 0.0958 e. The van der Waals surface area contributed by atoms with Gasteiger partial charge in [0.1, 0.15) is 0 Å². The molecular formula is C18H20. The summed E-state index contributed by atoms with van der Waals surface area (Å²) in [6.07, 6.45) is 7.84. The first-order valence-electron chi connectivity index (χ1n) is 6.64. The Kier molecular flexibility index (Phi) is 4.35. The van der Waals surface area contributed by atoms with E-state index in [1.165, 1.54) is 34.8 Å². The van der Waals surface area contributed by atoms with Crippen molar-refractivity contribution >= 4 is 16.8 Å². The third kappa shape index (κ3) is 3.33. The smallest absolute Gasteiger partial charge is 0.0178 e. The monoisotopic (exact) mass is 236 g/mol. The van der Waals surface area contributed by atoms with Crippen LogP contribution in [-0.2, 0) is 0 Å². The molecule has 2 aromatic rings. The molecule has 2 aromatic carbocycles. The lowest BCUT2D eigenvalue weighted by atomic mass is 10.1. The van der Waals surface area contributed by atoms with E-state index < -0.39 is 0 Å². The number of fused-ring (bicyclic) bond motifs is 1. The van der Waals surface area contributed by atoms with Crippen molar-refractivity contribution in [3.8, 4) is 0 Å². The molecule has 0 fully saturated rings. The van der Waals surface area contributed by atoms with Gasteiger partial charge in [-0.2, -0.15) is 0 Å². The molecule has 0 heteroatoms. The molecule has 0 spiro atoms. The number of unbranched alkanes of at least 4 members (excludes halogenated alkanes) is 1. The highest BCUT2D eigenvalue weighted by molar-refractivity contribution is 5.84. The van der Waals surface area contributed by atoms with Crippen molar-refractivity contribution in [3.05, 3.63) is 66.3 Å². The summed E-state index contributed by atoms with van der Waals surface area (Å²) >= 11 is 0. The second-order valence-corrected chi connectivity index (χ2v) is 4.70. The summed E-state index contributed by atoms with van der Waals surface area (Å²) in [5, 5.41) is 2.58. The third-order valence-corrected chi connectivity index (χ3v) is 3.14. The Morgan fingerprint density at radius 2 is 1.89 bits per heavy atom. The number of rotatable bonds is 5. The minimum absolute atomic E-state index is 1.10. The van der Waals surface area contributed by atoms with Crippen molar-refractivity contribution in [1.82, 2.24) is 0 Å². The van der Waals surface area contributed by atoms with Gasteiger partial charge in [0.15, 0.2) is 0 Å². The molecule has 2 rings (SSSR count). The van der Waals surface area contributed by atoms with E-state index in [9.17, 15) is 0 Å². The third-order valence-electron chi connectivity index (χ3n) is 3.14. The van der Waals surface area contributed by atoms with Crippen LogP contribution in [0.1, 0.15) is 31.7 Å². The van der Waals surface area contributed by atoms with Gasteiger partial charge in [-0.1, -0.05) is 74.0 Å². The molecule has 0 aromatic heterocycles. The van der Waals surface area contributed by atoms with Crippen LogP contribution in [0.5, 0.6) is 0 Å². The van der Waals surface area contributed by atoms with Crippen LogP contribution in [-0.4, -0.2) is 0 Å². The fourth-order valence-corrected chi connectivity index (χ4v) is 2.01. The molecule has 0 aliphatic carbocycles. The topological polar surface area (TPSA) is 0 Å². The SMILES string of the molecule is C=C(/C=C/c1ccc2ccccc2c1)CCCC. The van der Waals surface area contributed by atoms with Crippen molar-refractivity contribution in [2.24, 2.45) is 0 Å². The van der Waals surface area contributed by atoms with Crippen molar-refractivity contribution in [1.29, 1.82) is 0 Å². The molecule has 0 amide bonds. The molecule has 0 saturated carbocycles. The van der Waals surface area contributed by atoms with Gasteiger partial charge in [-0.25, -0.2) is 0 Å². The van der Waals surface area contributed by atoms with Gasteiger partial charge in [0.05, 0.1) is 0 Å². The highest BCUT2D eigenvalue weighted by Gasteiger charge is 1.93. The van der Waals surface area contributed by atoms with Crippen molar-refractivity contribution in [3.63, 3.8) is 0 Å². The van der Waals surface area contributed by atoms with Crippen LogP contribution in [0.15, 0.2) is 60.7 Å². The zero-order valence-electron chi connectivity index (χ0n) is 11.0. The molecule has 0 N–H and O–H groups in total. The number of hydrogen-bond donors (Lipinski definition) is 0. The van der Waals surface area contributed by atoms with E-state index in [4.69, 9.17) is 0 Å². The predicted octanol–water partition coefficient (Wildman–Crippen LogP) is 5.60. The molecule has 0 heterocycles. The first-order chi connectivity index (χ1) is 8.79. The predicted molar refractivity (Wildman–Crippen MR) is 81.6 cm³/mol. The Bertz CT molecular complexity index is 561. The first-order valence-corrected chi connectivity index (χ1v) is 6.64. The summed E-state index contributed by atoms with van der Waals surface area (Å²) < 4.78 is 0. The molecule has 0 bridgehead atoms. The summed E-state index contributed by atoms with van der Waals surface area (Å²) in [6, 6.07) is 15.0. The van der Waals surface area contributed by atoms with Crippen molar-refractivity contribution in [2.45, 2.75) is 26.2 Å². The van der Waals surface area contributed by atoms with Crippen LogP contribution in [0.4, 0.5) is 0 Å². The summed E-state index contributed by atoms with van der Waals surface area (Å²) in [6.45, 7) is 6.29. The lowest BCUT2D eigenvalue weighted by molar-refractivity contribution is 0.800. The zero-order valence-corrected chi connectivity index (χ0v) is 11.0. The summed E-state index contributed by atoms with van der Waals surface area (Å²) in [7, 11) is 0. The molecule has 0 aliphatic rings. The van der Waals surface area contributed by atoms with Crippen LogP contribution in [0, 0.1) is 0 Å². The average molecular weight is 236 g/mol. The quantitative estimate of drug-likeness (QED) is 0.593. The highest BCUT2D eigenvalue weighted by Crippen LogP contribution is 2.17. The summed E-state index contributed by atoms with van der Waals surface area (Å²) in [4.78, 5) is 0. The van der Waals surface area contributed by atoms with Gasteiger partial charge in [0.2, 0.25) is 0 Å². The maximum absolute atomic E-state index is 4.08. The van der Waals surface area contributed by atoms with Crippen LogP contribution >= 0.6 is 0 Å².